The molecule has 3 rings (SSSR count). The van der Waals surface area contributed by atoms with Crippen molar-refractivity contribution in [2.75, 3.05) is 6.54 Å². The number of hydrogen-bond acceptors (Lipinski definition) is 6. The summed E-state index contributed by atoms with van der Waals surface area (Å²) in [6.45, 7) is 4.03. The number of carbonyl (C=O) groups is 4. The van der Waals surface area contributed by atoms with E-state index in [1.807, 2.05) is 50.2 Å². The lowest BCUT2D eigenvalue weighted by atomic mass is 9.85. The van der Waals surface area contributed by atoms with Gasteiger partial charge < -0.3 is 15.4 Å². The molecule has 2 atom stereocenters. The molecule has 2 N–H and O–H groups in total. The van der Waals surface area contributed by atoms with Gasteiger partial charge in [-0.05, 0) is 47.9 Å². The number of rotatable bonds is 7. The number of carbonyl (C=O) groups excluding carboxylic acids is 4. The average molecular weight is 466 g/mol. The minimum Gasteiger partial charge on any atom is -0.445 e. The highest BCUT2D eigenvalue weighted by Gasteiger charge is 2.32. The Morgan fingerprint density at radius 3 is 2.62 bits per heavy atom. The predicted molar refractivity (Wildman–Crippen MR) is 126 cm³/mol. The van der Waals surface area contributed by atoms with Crippen LogP contribution in [0.3, 0.4) is 0 Å². The molecule has 0 aliphatic carbocycles. The lowest BCUT2D eigenvalue weighted by molar-refractivity contribution is -0.141. The molecular formula is C26H31N3O5. The van der Waals surface area contributed by atoms with Crippen LogP contribution in [0.25, 0.3) is 0 Å². The molecule has 0 fully saturated rings. The molecule has 1 aliphatic heterocycles. The molecule has 0 bridgehead atoms. The van der Waals surface area contributed by atoms with Gasteiger partial charge in [-0.25, -0.2) is 4.79 Å². The Morgan fingerprint density at radius 1 is 1.12 bits per heavy atom. The maximum absolute atomic E-state index is 13.1. The van der Waals surface area contributed by atoms with Crippen LogP contribution in [0.2, 0.25) is 0 Å². The van der Waals surface area contributed by atoms with Crippen molar-refractivity contribution in [2.45, 2.75) is 52.2 Å². The summed E-state index contributed by atoms with van der Waals surface area (Å²) >= 11 is 0. The van der Waals surface area contributed by atoms with E-state index >= 15 is 0 Å². The fourth-order valence-electron chi connectivity index (χ4n) is 4.04. The van der Waals surface area contributed by atoms with Gasteiger partial charge in [0.2, 0.25) is 5.78 Å². The monoisotopic (exact) mass is 465 g/mol. The summed E-state index contributed by atoms with van der Waals surface area (Å²) < 4.78 is 5.25. The largest absolute Gasteiger partial charge is 0.445 e. The van der Waals surface area contributed by atoms with E-state index in [1.54, 1.807) is 12.4 Å². The van der Waals surface area contributed by atoms with E-state index in [2.05, 4.69) is 15.6 Å². The summed E-state index contributed by atoms with van der Waals surface area (Å²) in [4.78, 5) is 54.8. The van der Waals surface area contributed by atoms with E-state index in [4.69, 9.17) is 4.74 Å². The van der Waals surface area contributed by atoms with Crippen LogP contribution in [0.4, 0.5) is 4.79 Å². The third kappa shape index (κ3) is 6.97. The smallest absolute Gasteiger partial charge is 0.408 e. The van der Waals surface area contributed by atoms with Crippen LogP contribution in [0, 0.1) is 11.8 Å². The maximum Gasteiger partial charge on any atom is 0.408 e. The quantitative estimate of drug-likeness (QED) is 0.608. The Morgan fingerprint density at radius 2 is 1.88 bits per heavy atom. The van der Waals surface area contributed by atoms with Gasteiger partial charge in [0.25, 0.3) is 5.91 Å². The zero-order chi connectivity index (χ0) is 24.5. The van der Waals surface area contributed by atoms with Gasteiger partial charge in [-0.1, -0.05) is 44.2 Å². The van der Waals surface area contributed by atoms with Crippen molar-refractivity contribution in [1.29, 1.82) is 0 Å². The number of pyridine rings is 1. The number of Topliss-reactive ketones (excluding diaryl/α,β-unsaturated/α-hetero) is 2. The Hall–Kier alpha value is -3.55. The van der Waals surface area contributed by atoms with Crippen molar-refractivity contribution >= 4 is 23.6 Å². The lowest BCUT2D eigenvalue weighted by Crippen LogP contribution is -2.46. The van der Waals surface area contributed by atoms with E-state index in [0.717, 1.165) is 16.7 Å². The normalized spacial score (nSPS) is 17.3. The molecule has 0 saturated heterocycles. The van der Waals surface area contributed by atoms with E-state index in [1.165, 1.54) is 0 Å². The van der Waals surface area contributed by atoms with E-state index in [0.29, 0.717) is 25.8 Å². The second-order valence-electron chi connectivity index (χ2n) is 8.85. The minimum atomic E-state index is -0.828. The van der Waals surface area contributed by atoms with Crippen molar-refractivity contribution in [1.82, 2.24) is 15.6 Å². The van der Waals surface area contributed by atoms with Crippen molar-refractivity contribution in [3.8, 4) is 0 Å². The third-order valence-electron chi connectivity index (χ3n) is 5.99. The highest BCUT2D eigenvalue weighted by molar-refractivity contribution is 6.37. The number of alkyl carbamates (subject to hydrolysis) is 1. The summed E-state index contributed by atoms with van der Waals surface area (Å²) in [6.07, 6.45) is 4.15. The maximum atomic E-state index is 13.1. The molecule has 1 aliphatic rings. The lowest BCUT2D eigenvalue weighted by Gasteiger charge is -2.24. The van der Waals surface area contributed by atoms with Gasteiger partial charge in [0.1, 0.15) is 6.61 Å². The molecule has 2 heterocycles. The first-order chi connectivity index (χ1) is 16.3. The summed E-state index contributed by atoms with van der Waals surface area (Å²) in [6, 6.07) is 10.3. The van der Waals surface area contributed by atoms with Crippen molar-refractivity contribution in [2.24, 2.45) is 11.8 Å². The van der Waals surface area contributed by atoms with Crippen LogP contribution < -0.4 is 10.6 Å². The van der Waals surface area contributed by atoms with Crippen molar-refractivity contribution in [3.05, 3.63) is 65.5 Å². The number of ketones is 2. The number of amides is 2. The van der Waals surface area contributed by atoms with Gasteiger partial charge in [0, 0.05) is 31.3 Å². The highest BCUT2D eigenvalue weighted by Crippen LogP contribution is 2.21. The number of nitrogens with zero attached hydrogens (tertiary/aromatic N) is 1. The topological polar surface area (TPSA) is 114 Å². The van der Waals surface area contributed by atoms with Gasteiger partial charge >= 0.3 is 6.09 Å². The first-order valence-electron chi connectivity index (χ1n) is 11.6. The molecule has 0 saturated carbocycles. The number of ether oxygens (including phenoxy) is 1. The third-order valence-corrected chi connectivity index (χ3v) is 5.99. The molecule has 1 aromatic heterocycles. The minimum absolute atomic E-state index is 0.0846. The Kier molecular flexibility index (Phi) is 8.90. The first kappa shape index (κ1) is 25.1. The molecule has 34 heavy (non-hydrogen) atoms. The summed E-state index contributed by atoms with van der Waals surface area (Å²) in [7, 11) is 0. The van der Waals surface area contributed by atoms with E-state index in [9.17, 15) is 19.2 Å². The standard InChI is InChI=1S/C26H31N3O5/c1-17(2)23(29-26(33)34-16-18-6-4-3-5-7-18)22(30)14-20-9-8-19-10-12-27-15-21(19)11-13-28-25(32)24(20)31/h3-7,10,12,15,17,20,23H,8-9,11,13-14,16H2,1-2H3,(H,28,32)(H,29,33). The van der Waals surface area contributed by atoms with Crippen LogP contribution in [0.5, 0.6) is 0 Å². The summed E-state index contributed by atoms with van der Waals surface area (Å²) in [5, 5.41) is 5.28. The van der Waals surface area contributed by atoms with Gasteiger partial charge in [0.05, 0.1) is 6.04 Å². The van der Waals surface area contributed by atoms with Crippen molar-refractivity contribution < 1.29 is 23.9 Å². The second kappa shape index (κ2) is 12.1. The van der Waals surface area contributed by atoms with Crippen molar-refractivity contribution in [3.63, 3.8) is 0 Å². The van der Waals surface area contributed by atoms with Gasteiger partial charge in [-0.2, -0.15) is 0 Å². The number of fused-ring (bicyclic) bond motifs is 1. The van der Waals surface area contributed by atoms with Crippen LogP contribution in [0.15, 0.2) is 48.8 Å². The van der Waals surface area contributed by atoms with E-state index in [-0.39, 0.29) is 24.7 Å². The first-order valence-corrected chi connectivity index (χ1v) is 11.6. The second-order valence-corrected chi connectivity index (χ2v) is 8.85. The summed E-state index contributed by atoms with van der Waals surface area (Å²) in [5.74, 6) is -2.56. The molecule has 0 radical (unpaired) electrons. The van der Waals surface area contributed by atoms with Crippen LogP contribution in [0.1, 0.15) is 43.4 Å². The number of aromatic nitrogens is 1. The molecule has 1 aromatic carbocycles. The SMILES string of the molecule is CC(C)C(NC(=O)OCc1ccccc1)C(=O)CC1CCc2ccncc2CCNC(=O)C1=O. The molecule has 2 unspecified atom stereocenters. The Labute approximate surface area is 199 Å². The molecule has 2 aromatic rings. The van der Waals surface area contributed by atoms with Crippen LogP contribution >= 0.6 is 0 Å². The zero-order valence-electron chi connectivity index (χ0n) is 19.6. The van der Waals surface area contributed by atoms with Gasteiger partial charge in [-0.15, -0.1) is 0 Å². The molecular weight excluding hydrogens is 434 g/mol. The Balaban J connectivity index is 1.66. The molecule has 8 nitrogen and oxygen atoms in total. The Bertz CT molecular complexity index is 1020. The summed E-state index contributed by atoms with van der Waals surface area (Å²) in [5.41, 5.74) is 2.91. The molecule has 2 amide bonds. The van der Waals surface area contributed by atoms with E-state index < -0.39 is 29.7 Å². The van der Waals surface area contributed by atoms with Crippen LogP contribution in [-0.4, -0.2) is 41.1 Å². The molecule has 180 valence electrons. The number of hydrogen-bond donors (Lipinski definition) is 2. The highest BCUT2D eigenvalue weighted by atomic mass is 16.5. The predicted octanol–water partition coefficient (Wildman–Crippen LogP) is 2.78. The fourth-order valence-corrected chi connectivity index (χ4v) is 4.04. The number of benzene rings is 1. The zero-order valence-corrected chi connectivity index (χ0v) is 19.6. The van der Waals surface area contributed by atoms with Gasteiger partial charge in [0.15, 0.2) is 5.78 Å². The fraction of sp³-hybridized carbons (Fsp3) is 0.423. The molecule has 0 spiro atoms. The van der Waals surface area contributed by atoms with Gasteiger partial charge in [-0.3, -0.25) is 19.4 Å². The average Bonchev–Trinajstić information content (AvgIpc) is 2.83. The van der Waals surface area contributed by atoms with Crippen LogP contribution in [-0.2, 0) is 38.6 Å². The molecule has 8 heteroatoms. The number of aryl methyl sites for hydroxylation is 1. The number of nitrogens with one attached hydrogen (secondary N) is 2.